The number of hydrogen-bond acceptors (Lipinski definition) is 2. The minimum absolute atomic E-state index is 0.595. The Morgan fingerprint density at radius 2 is 2.12 bits per heavy atom. The molecular formula is C12H13ClN2O. The molecule has 0 aliphatic carbocycles. The lowest BCUT2D eigenvalue weighted by molar-refractivity contribution is 0.0786. The molecule has 3 nitrogen and oxygen atoms in total. The highest BCUT2D eigenvalue weighted by molar-refractivity contribution is 6.32. The van der Waals surface area contributed by atoms with Crippen LogP contribution >= 0.6 is 11.6 Å². The van der Waals surface area contributed by atoms with Crippen LogP contribution in [0, 0.1) is 0 Å². The predicted octanol–water partition coefficient (Wildman–Crippen LogP) is 2.75. The molecule has 0 amide bonds. The van der Waals surface area contributed by atoms with E-state index in [-0.39, 0.29) is 0 Å². The molecule has 0 saturated carbocycles. The second kappa shape index (κ2) is 3.92. The van der Waals surface area contributed by atoms with Crippen molar-refractivity contribution in [2.75, 3.05) is 0 Å². The number of aromatic nitrogens is 2. The van der Waals surface area contributed by atoms with E-state index in [1.165, 1.54) is 0 Å². The molecule has 0 fully saturated rings. The van der Waals surface area contributed by atoms with Gasteiger partial charge in [-0.25, -0.2) is 4.98 Å². The molecule has 4 heteroatoms. The molecule has 0 aliphatic rings. The summed E-state index contributed by atoms with van der Waals surface area (Å²) in [6, 6.07) is 5.51. The van der Waals surface area contributed by atoms with Crippen LogP contribution in [0.4, 0.5) is 0 Å². The van der Waals surface area contributed by atoms with Crippen molar-refractivity contribution < 1.29 is 5.11 Å². The molecule has 0 radical (unpaired) electrons. The molecule has 2 rings (SSSR count). The second-order valence-corrected chi connectivity index (χ2v) is 4.60. The summed E-state index contributed by atoms with van der Waals surface area (Å²) in [5.74, 6) is 0. The first-order chi connectivity index (χ1) is 7.48. The van der Waals surface area contributed by atoms with Gasteiger partial charge in [-0.15, -0.1) is 0 Å². The summed E-state index contributed by atoms with van der Waals surface area (Å²) in [5.41, 5.74) is 0.769. The van der Waals surface area contributed by atoms with E-state index in [4.69, 9.17) is 11.6 Å². The van der Waals surface area contributed by atoms with Gasteiger partial charge in [0.15, 0.2) is 0 Å². The zero-order chi connectivity index (χ0) is 11.8. The molecule has 0 unspecified atom stereocenters. The maximum absolute atomic E-state index is 9.86. The zero-order valence-electron chi connectivity index (χ0n) is 9.18. The molecule has 0 bridgehead atoms. The average Bonchev–Trinajstić information content (AvgIpc) is 2.69. The Balaban J connectivity index is 2.46. The van der Waals surface area contributed by atoms with E-state index in [2.05, 4.69) is 4.98 Å². The normalized spacial score (nSPS) is 11.8. The quantitative estimate of drug-likeness (QED) is 0.871. The van der Waals surface area contributed by atoms with Gasteiger partial charge in [-0.3, -0.25) is 0 Å². The molecule has 16 heavy (non-hydrogen) atoms. The highest BCUT2D eigenvalue weighted by atomic mass is 35.5. The average molecular weight is 237 g/mol. The third kappa shape index (κ3) is 2.10. The highest BCUT2D eigenvalue weighted by Gasteiger charge is 2.17. The van der Waals surface area contributed by atoms with Crippen molar-refractivity contribution in [3.8, 4) is 5.69 Å². The van der Waals surface area contributed by atoms with Crippen LogP contribution < -0.4 is 0 Å². The summed E-state index contributed by atoms with van der Waals surface area (Å²) in [7, 11) is 0. The first-order valence-electron chi connectivity index (χ1n) is 4.99. The Hall–Kier alpha value is -1.32. The molecule has 2 aromatic rings. The van der Waals surface area contributed by atoms with Crippen LogP contribution in [0.15, 0.2) is 36.9 Å². The number of aliphatic hydroxyl groups is 1. The maximum Gasteiger partial charge on any atom is 0.0992 e. The molecule has 1 aromatic heterocycles. The van der Waals surface area contributed by atoms with E-state index >= 15 is 0 Å². The van der Waals surface area contributed by atoms with Gasteiger partial charge >= 0.3 is 0 Å². The number of halogens is 1. The van der Waals surface area contributed by atoms with E-state index in [0.29, 0.717) is 5.02 Å². The van der Waals surface area contributed by atoms with E-state index in [9.17, 15) is 5.11 Å². The smallest absolute Gasteiger partial charge is 0.0992 e. The van der Waals surface area contributed by atoms with Crippen LogP contribution in [0.2, 0.25) is 5.02 Å². The standard InChI is InChI=1S/C12H13ClN2O/c1-12(2,16)9-3-4-11(10(13)7-9)15-6-5-14-8-15/h3-8,16H,1-2H3. The molecule has 0 spiro atoms. The van der Waals surface area contributed by atoms with Crippen molar-refractivity contribution in [3.05, 3.63) is 47.5 Å². The van der Waals surface area contributed by atoms with Crippen molar-refractivity contribution in [3.63, 3.8) is 0 Å². The van der Waals surface area contributed by atoms with E-state index in [1.807, 2.05) is 22.9 Å². The summed E-state index contributed by atoms with van der Waals surface area (Å²) in [5, 5.41) is 10.5. The Kier molecular flexibility index (Phi) is 2.74. The molecule has 0 atom stereocenters. The van der Waals surface area contributed by atoms with E-state index < -0.39 is 5.60 Å². The summed E-state index contributed by atoms with van der Waals surface area (Å²) >= 11 is 6.17. The molecule has 84 valence electrons. The molecule has 1 heterocycles. The predicted molar refractivity (Wildman–Crippen MR) is 63.8 cm³/mol. The van der Waals surface area contributed by atoms with Crippen molar-refractivity contribution in [1.82, 2.24) is 9.55 Å². The topological polar surface area (TPSA) is 38.0 Å². The van der Waals surface area contributed by atoms with Gasteiger partial charge in [0.05, 0.1) is 22.6 Å². The van der Waals surface area contributed by atoms with Gasteiger partial charge in [-0.1, -0.05) is 17.7 Å². The van der Waals surface area contributed by atoms with Crippen LogP contribution in [0.1, 0.15) is 19.4 Å². The maximum atomic E-state index is 9.86. The lowest BCUT2D eigenvalue weighted by atomic mass is 9.98. The third-order valence-electron chi connectivity index (χ3n) is 2.44. The fourth-order valence-electron chi connectivity index (χ4n) is 1.50. The van der Waals surface area contributed by atoms with Gasteiger partial charge in [0.1, 0.15) is 0 Å². The van der Waals surface area contributed by atoms with Gasteiger partial charge in [-0.2, -0.15) is 0 Å². The number of benzene rings is 1. The minimum Gasteiger partial charge on any atom is -0.386 e. The fraction of sp³-hybridized carbons (Fsp3) is 0.250. The second-order valence-electron chi connectivity index (χ2n) is 4.20. The van der Waals surface area contributed by atoms with E-state index in [0.717, 1.165) is 11.3 Å². The summed E-state index contributed by atoms with van der Waals surface area (Å²) in [6.45, 7) is 3.46. The first-order valence-corrected chi connectivity index (χ1v) is 5.37. The van der Waals surface area contributed by atoms with Crippen molar-refractivity contribution >= 4 is 11.6 Å². The number of imidazole rings is 1. The Labute approximate surface area is 99.3 Å². The molecule has 1 N–H and O–H groups in total. The van der Waals surface area contributed by atoms with Gasteiger partial charge in [0, 0.05) is 12.4 Å². The van der Waals surface area contributed by atoms with Crippen LogP contribution in [0.5, 0.6) is 0 Å². The molecule has 1 aromatic carbocycles. The van der Waals surface area contributed by atoms with Gasteiger partial charge in [-0.05, 0) is 31.5 Å². The molecule has 0 aliphatic heterocycles. The zero-order valence-corrected chi connectivity index (χ0v) is 9.94. The van der Waals surface area contributed by atoms with Crippen molar-refractivity contribution in [1.29, 1.82) is 0 Å². The number of rotatable bonds is 2. The number of nitrogens with zero attached hydrogens (tertiary/aromatic N) is 2. The van der Waals surface area contributed by atoms with E-state index in [1.54, 1.807) is 32.4 Å². The minimum atomic E-state index is -0.878. The van der Waals surface area contributed by atoms with Gasteiger partial charge in [0.2, 0.25) is 0 Å². The molecular weight excluding hydrogens is 224 g/mol. The van der Waals surface area contributed by atoms with Crippen LogP contribution in [-0.2, 0) is 5.60 Å². The molecule has 0 saturated heterocycles. The monoisotopic (exact) mass is 236 g/mol. The Morgan fingerprint density at radius 3 is 2.62 bits per heavy atom. The van der Waals surface area contributed by atoms with Crippen LogP contribution in [0.3, 0.4) is 0 Å². The van der Waals surface area contributed by atoms with Crippen molar-refractivity contribution in [2.45, 2.75) is 19.4 Å². The Morgan fingerprint density at radius 1 is 1.38 bits per heavy atom. The third-order valence-corrected chi connectivity index (χ3v) is 2.74. The largest absolute Gasteiger partial charge is 0.386 e. The summed E-state index contributed by atoms with van der Waals surface area (Å²) in [6.07, 6.45) is 5.20. The summed E-state index contributed by atoms with van der Waals surface area (Å²) in [4.78, 5) is 3.97. The summed E-state index contributed by atoms with van der Waals surface area (Å²) < 4.78 is 1.83. The SMILES string of the molecule is CC(C)(O)c1ccc(-n2ccnc2)c(Cl)c1. The number of hydrogen-bond donors (Lipinski definition) is 1. The fourth-order valence-corrected chi connectivity index (χ4v) is 1.78. The Bertz CT molecular complexity index is 486. The van der Waals surface area contributed by atoms with Gasteiger partial charge < -0.3 is 9.67 Å². The van der Waals surface area contributed by atoms with Crippen LogP contribution in [0.25, 0.3) is 5.69 Å². The van der Waals surface area contributed by atoms with Crippen molar-refractivity contribution in [2.24, 2.45) is 0 Å². The highest BCUT2D eigenvalue weighted by Crippen LogP contribution is 2.27. The lowest BCUT2D eigenvalue weighted by Gasteiger charge is -2.18. The van der Waals surface area contributed by atoms with Crippen LogP contribution in [-0.4, -0.2) is 14.7 Å². The van der Waals surface area contributed by atoms with Gasteiger partial charge in [0.25, 0.3) is 0 Å². The lowest BCUT2D eigenvalue weighted by Crippen LogP contribution is -2.15. The first kappa shape index (κ1) is 11.2.